The van der Waals surface area contributed by atoms with Crippen LogP contribution >= 0.6 is 0 Å². The summed E-state index contributed by atoms with van der Waals surface area (Å²) in [7, 11) is -0.277. The van der Waals surface area contributed by atoms with Gasteiger partial charge in [0, 0.05) is 96.9 Å². The van der Waals surface area contributed by atoms with E-state index in [9.17, 15) is 19.2 Å². The minimum Gasteiger partial charge on any atom is -0.463 e. The summed E-state index contributed by atoms with van der Waals surface area (Å²) in [6, 6.07) is 18.8. The second-order valence-electron chi connectivity index (χ2n) is 19.4. The standard InChI is InChI=1S/C52H72N4O8S4/c1-5-61-45(57)33-65-25-17-49(18-26-65)37-9-11-39(53-37)50(19-27-66(28-20-50)34-46(58)62-6-2)41-13-15-43(55-41)52(23-31-68(32-24-52)36-48(60)64-8-4)44-16-14-42(56-44)51(40-12-10-38(49)54-40)21-29-67(30-22-51)35-47(59)63-7-3/h9-16,53-56H,5-8,17-36H2,1-4H3/q+4. The Balaban J connectivity index is 1.16. The van der Waals surface area contributed by atoms with Crippen LogP contribution in [0.2, 0.25) is 0 Å². The second-order valence-corrected chi connectivity index (χ2v) is 28.7. The average Bonchev–Trinajstić information content (AvgIpc) is 4.19. The number of hydrogen-bond donors (Lipinski definition) is 4. The molecule has 4 saturated heterocycles. The molecule has 12 nitrogen and oxygen atoms in total. The number of hydrogen-bond acceptors (Lipinski definition) is 8. The first-order valence-electron chi connectivity index (χ1n) is 25.0. The van der Waals surface area contributed by atoms with Gasteiger partial charge >= 0.3 is 23.9 Å². The fourth-order valence-electron chi connectivity index (χ4n) is 12.1. The van der Waals surface area contributed by atoms with Crippen molar-refractivity contribution in [1.82, 2.24) is 19.9 Å². The Morgan fingerprint density at radius 1 is 0.353 bits per heavy atom. The van der Waals surface area contributed by atoms with E-state index in [1.54, 1.807) is 0 Å². The summed E-state index contributed by atoms with van der Waals surface area (Å²) in [5.74, 6) is 9.02. The molecule has 0 atom stereocenters. The van der Waals surface area contributed by atoms with Crippen molar-refractivity contribution < 1.29 is 38.1 Å². The Hall–Kier alpha value is -3.60. The minimum absolute atomic E-state index is 0.0691. The molecule has 4 aromatic rings. The normalized spacial score (nSPS) is 30.1. The van der Waals surface area contributed by atoms with Gasteiger partial charge in [0.05, 0.1) is 48.1 Å². The van der Waals surface area contributed by atoms with Crippen LogP contribution in [-0.2, 0) is 103 Å². The SMILES string of the molecule is CCOC(=O)C[S+]1CCC2(CC1)c1ccc([nH]1)C1(CC[S+](CC(=O)OCC)CC1)c1ccc([nH]1)C1(CC[S+](CC(=O)OCC)CC1)c1ccc([nH]1)C1(CC[S+](CC(=O)OCC)CC1)c1ccc2[nH]1. The zero-order chi connectivity index (χ0) is 47.5. The lowest BCUT2D eigenvalue weighted by atomic mass is 9.75. The number of aromatic nitrogens is 4. The van der Waals surface area contributed by atoms with Crippen molar-refractivity contribution in [2.24, 2.45) is 0 Å². The van der Waals surface area contributed by atoms with E-state index in [0.717, 1.165) is 97.4 Å². The fraction of sp³-hybridized carbons (Fsp3) is 0.615. The van der Waals surface area contributed by atoms with Crippen molar-refractivity contribution in [3.8, 4) is 0 Å². The van der Waals surface area contributed by atoms with E-state index in [1.807, 2.05) is 27.7 Å². The summed E-state index contributed by atoms with van der Waals surface area (Å²) in [6.45, 7) is 9.11. The molecule has 368 valence electrons. The van der Waals surface area contributed by atoms with Gasteiger partial charge in [-0.15, -0.1) is 0 Å². The third kappa shape index (κ3) is 9.62. The van der Waals surface area contributed by atoms with Crippen LogP contribution in [0, 0.1) is 0 Å². The number of esters is 4. The van der Waals surface area contributed by atoms with Crippen LogP contribution in [0.1, 0.15) is 125 Å². The van der Waals surface area contributed by atoms with Crippen LogP contribution in [-0.4, -0.2) is 139 Å². The summed E-state index contributed by atoms with van der Waals surface area (Å²) in [5, 5.41) is 0. The van der Waals surface area contributed by atoms with Crippen LogP contribution in [0.5, 0.6) is 0 Å². The minimum atomic E-state index is -0.325. The topological polar surface area (TPSA) is 168 Å². The van der Waals surface area contributed by atoms with Gasteiger partial charge in [0.1, 0.15) is 46.0 Å². The van der Waals surface area contributed by atoms with Crippen molar-refractivity contribution >= 4 is 67.5 Å². The van der Waals surface area contributed by atoms with Crippen LogP contribution in [0.4, 0.5) is 0 Å². The Morgan fingerprint density at radius 2 is 0.515 bits per heavy atom. The maximum Gasteiger partial charge on any atom is 0.356 e. The quantitative estimate of drug-likeness (QED) is 0.0723. The van der Waals surface area contributed by atoms with Gasteiger partial charge in [-0.2, -0.15) is 0 Å². The fourth-order valence-corrected chi connectivity index (χ4v) is 20.8. The molecule has 16 heteroatoms. The van der Waals surface area contributed by atoms with E-state index in [-0.39, 0.29) is 89.1 Å². The number of H-pyrrole nitrogens is 4. The molecule has 0 radical (unpaired) electrons. The summed E-state index contributed by atoms with van der Waals surface area (Å²) in [5.41, 5.74) is 8.39. The zero-order valence-electron chi connectivity index (χ0n) is 40.5. The van der Waals surface area contributed by atoms with Gasteiger partial charge < -0.3 is 38.9 Å². The summed E-state index contributed by atoms with van der Waals surface area (Å²) in [4.78, 5) is 67.9. The van der Waals surface area contributed by atoms with E-state index in [2.05, 4.69) is 68.5 Å². The smallest absolute Gasteiger partial charge is 0.356 e. The highest BCUT2D eigenvalue weighted by atomic mass is 32.2. The van der Waals surface area contributed by atoms with E-state index in [0.29, 0.717) is 49.4 Å². The van der Waals surface area contributed by atoms with Crippen molar-refractivity contribution in [2.75, 3.05) is 95.5 Å². The Labute approximate surface area is 413 Å². The molecule has 4 aromatic heterocycles. The van der Waals surface area contributed by atoms with Crippen molar-refractivity contribution in [1.29, 1.82) is 0 Å². The molecule has 68 heavy (non-hydrogen) atoms. The molecule has 0 amide bonds. The van der Waals surface area contributed by atoms with Gasteiger partial charge in [0.2, 0.25) is 23.0 Å². The van der Waals surface area contributed by atoms with E-state index in [1.165, 1.54) is 45.6 Å². The third-order valence-corrected chi connectivity index (χ3v) is 24.7. The van der Waals surface area contributed by atoms with Gasteiger partial charge in [-0.3, -0.25) is 0 Å². The predicted octanol–water partition coefficient (Wildman–Crippen LogP) is 6.36. The first-order chi connectivity index (χ1) is 33.0. The van der Waals surface area contributed by atoms with Crippen LogP contribution in [0.3, 0.4) is 0 Å². The van der Waals surface area contributed by atoms with Crippen LogP contribution in [0.25, 0.3) is 0 Å². The highest BCUT2D eigenvalue weighted by Crippen LogP contribution is 2.51. The lowest BCUT2D eigenvalue weighted by molar-refractivity contribution is -0.140. The number of carbonyl (C=O) groups excluding carboxylic acids is 4. The second kappa shape index (κ2) is 21.0. The van der Waals surface area contributed by atoms with Gasteiger partial charge in [-0.25, -0.2) is 19.2 Å². The van der Waals surface area contributed by atoms with Crippen molar-refractivity contribution in [3.05, 3.63) is 94.1 Å². The molecule has 5 aliphatic rings. The predicted molar refractivity (Wildman–Crippen MR) is 278 cm³/mol. The molecular weight excluding hydrogens is 937 g/mol. The maximum atomic E-state index is 12.8. The molecule has 0 aromatic carbocycles. The van der Waals surface area contributed by atoms with Crippen molar-refractivity contribution in [3.63, 3.8) is 0 Å². The molecule has 0 saturated carbocycles. The lowest BCUT2D eigenvalue weighted by Crippen LogP contribution is -2.43. The number of carbonyl (C=O) groups is 4. The molecule has 0 unspecified atom stereocenters. The molecule has 4 N–H and O–H groups in total. The first-order valence-corrected chi connectivity index (χ1v) is 31.9. The number of fused-ring (bicyclic) bond motifs is 16. The lowest BCUT2D eigenvalue weighted by Gasteiger charge is -2.39. The molecule has 8 bridgehead atoms. The van der Waals surface area contributed by atoms with Gasteiger partial charge in [-0.1, -0.05) is 0 Å². The number of ether oxygens (including phenoxy) is 4. The third-order valence-electron chi connectivity index (χ3n) is 15.9. The van der Waals surface area contributed by atoms with Gasteiger partial charge in [-0.05, 0) is 120 Å². The molecule has 0 aliphatic carbocycles. The maximum absolute atomic E-state index is 12.8. The molecule has 9 heterocycles. The van der Waals surface area contributed by atoms with E-state index >= 15 is 0 Å². The van der Waals surface area contributed by atoms with Crippen LogP contribution in [0.15, 0.2) is 48.5 Å². The molecule has 9 rings (SSSR count). The highest BCUT2D eigenvalue weighted by molar-refractivity contribution is 7.98. The van der Waals surface area contributed by atoms with Crippen LogP contribution < -0.4 is 0 Å². The largest absolute Gasteiger partial charge is 0.463 e. The Morgan fingerprint density at radius 3 is 0.662 bits per heavy atom. The summed E-state index contributed by atoms with van der Waals surface area (Å²) < 4.78 is 21.8. The number of aromatic amines is 4. The first kappa shape index (κ1) is 49.4. The number of nitrogens with one attached hydrogen (secondary N) is 4. The average molecular weight is 1010 g/mol. The highest BCUT2D eigenvalue weighted by Gasteiger charge is 2.53. The van der Waals surface area contributed by atoms with E-state index < -0.39 is 0 Å². The molecule has 5 aliphatic heterocycles. The Kier molecular flexibility index (Phi) is 15.3. The van der Waals surface area contributed by atoms with Crippen molar-refractivity contribution in [2.45, 2.75) is 101 Å². The number of rotatable bonds is 12. The van der Waals surface area contributed by atoms with E-state index in [4.69, 9.17) is 18.9 Å². The van der Waals surface area contributed by atoms with Gasteiger partial charge in [0.15, 0.2) is 0 Å². The van der Waals surface area contributed by atoms with Gasteiger partial charge in [0.25, 0.3) is 0 Å². The summed E-state index contributed by atoms with van der Waals surface area (Å²) in [6.07, 6.45) is 7.23. The molecular formula is C52H72N4O8S4+4. The summed E-state index contributed by atoms with van der Waals surface area (Å²) >= 11 is 0. The zero-order valence-corrected chi connectivity index (χ0v) is 43.8. The monoisotopic (exact) mass is 1010 g/mol. The Bertz CT molecular complexity index is 1980. The molecule has 4 fully saturated rings. The molecule has 4 spiro atoms.